The molecular weight excluding hydrogens is 346 g/mol. The molecule has 26 heavy (non-hydrogen) atoms. The van der Waals surface area contributed by atoms with E-state index in [9.17, 15) is 9.59 Å². The Labute approximate surface area is 157 Å². The minimum absolute atomic E-state index is 0.0229. The van der Waals surface area contributed by atoms with Gasteiger partial charge in [-0.2, -0.15) is 0 Å². The Morgan fingerprint density at radius 1 is 1.27 bits per heavy atom. The van der Waals surface area contributed by atoms with Gasteiger partial charge in [-0.15, -0.1) is 0 Å². The molecule has 4 rings (SSSR count). The first-order valence-corrected chi connectivity index (χ1v) is 10.6. The number of thioether (sulfide) groups is 1. The van der Waals surface area contributed by atoms with Gasteiger partial charge in [-0.3, -0.25) is 14.2 Å². The van der Waals surface area contributed by atoms with Gasteiger partial charge in [0.1, 0.15) is 0 Å². The van der Waals surface area contributed by atoms with E-state index in [4.69, 9.17) is 4.98 Å². The SMILES string of the molecule is C[C@@H](NC(=O)CSc1nc2ccccc2c(=O)n1C1CCCC1)C1CC1. The van der Waals surface area contributed by atoms with E-state index >= 15 is 0 Å². The van der Waals surface area contributed by atoms with Crippen LogP contribution in [-0.4, -0.2) is 27.3 Å². The van der Waals surface area contributed by atoms with Crippen LogP contribution in [0, 0.1) is 5.92 Å². The zero-order chi connectivity index (χ0) is 18.1. The van der Waals surface area contributed by atoms with E-state index in [2.05, 4.69) is 12.2 Å². The molecule has 2 aliphatic rings. The lowest BCUT2D eigenvalue weighted by Gasteiger charge is -2.19. The van der Waals surface area contributed by atoms with E-state index in [0.29, 0.717) is 27.7 Å². The second-order valence-corrected chi connectivity index (χ2v) is 8.45. The number of nitrogens with one attached hydrogen (secondary N) is 1. The summed E-state index contributed by atoms with van der Waals surface area (Å²) in [5.41, 5.74) is 0.734. The first-order valence-electron chi connectivity index (χ1n) is 9.57. The smallest absolute Gasteiger partial charge is 0.262 e. The van der Waals surface area contributed by atoms with Crippen molar-refractivity contribution in [3.8, 4) is 0 Å². The Balaban J connectivity index is 1.59. The van der Waals surface area contributed by atoms with Crippen LogP contribution in [0.5, 0.6) is 0 Å². The van der Waals surface area contributed by atoms with Crippen LogP contribution in [0.4, 0.5) is 0 Å². The van der Waals surface area contributed by atoms with E-state index in [-0.39, 0.29) is 23.6 Å². The summed E-state index contributed by atoms with van der Waals surface area (Å²) in [6.07, 6.45) is 6.74. The maximum Gasteiger partial charge on any atom is 0.262 e. The van der Waals surface area contributed by atoms with Crippen molar-refractivity contribution in [3.63, 3.8) is 0 Å². The molecule has 1 aromatic heterocycles. The molecule has 0 unspecified atom stereocenters. The summed E-state index contributed by atoms with van der Waals surface area (Å²) in [6.45, 7) is 2.07. The molecule has 1 amide bonds. The number of para-hydroxylation sites is 1. The molecule has 0 aliphatic heterocycles. The van der Waals surface area contributed by atoms with E-state index in [0.717, 1.165) is 25.7 Å². The summed E-state index contributed by atoms with van der Waals surface area (Å²) in [4.78, 5) is 30.1. The molecule has 2 saturated carbocycles. The first kappa shape index (κ1) is 17.6. The van der Waals surface area contributed by atoms with E-state index < -0.39 is 0 Å². The Morgan fingerprint density at radius 3 is 2.73 bits per heavy atom. The number of rotatable bonds is 6. The normalized spacial score (nSPS) is 19.0. The number of hydrogen-bond acceptors (Lipinski definition) is 4. The Hall–Kier alpha value is -1.82. The number of fused-ring (bicyclic) bond motifs is 1. The highest BCUT2D eigenvalue weighted by molar-refractivity contribution is 7.99. The average Bonchev–Trinajstić information content (AvgIpc) is 3.36. The molecule has 2 aliphatic carbocycles. The van der Waals surface area contributed by atoms with E-state index in [1.807, 2.05) is 28.8 Å². The van der Waals surface area contributed by atoms with Gasteiger partial charge in [0.2, 0.25) is 5.91 Å². The third-order valence-corrected chi connectivity index (χ3v) is 6.47. The summed E-state index contributed by atoms with van der Waals surface area (Å²) in [7, 11) is 0. The molecule has 1 atom stereocenters. The number of amides is 1. The highest BCUT2D eigenvalue weighted by atomic mass is 32.2. The molecule has 0 saturated heterocycles. The fourth-order valence-electron chi connectivity index (χ4n) is 3.85. The predicted molar refractivity (Wildman–Crippen MR) is 105 cm³/mol. The topological polar surface area (TPSA) is 64.0 Å². The summed E-state index contributed by atoms with van der Waals surface area (Å²) in [6, 6.07) is 7.93. The van der Waals surface area contributed by atoms with Crippen LogP contribution in [0.15, 0.2) is 34.2 Å². The summed E-state index contributed by atoms with van der Waals surface area (Å²) >= 11 is 1.38. The third-order valence-electron chi connectivity index (χ3n) is 5.52. The molecular formula is C20H25N3O2S. The van der Waals surface area contributed by atoms with Gasteiger partial charge < -0.3 is 5.32 Å². The van der Waals surface area contributed by atoms with Crippen LogP contribution < -0.4 is 10.9 Å². The first-order chi connectivity index (χ1) is 12.6. The van der Waals surface area contributed by atoms with Crippen LogP contribution in [-0.2, 0) is 4.79 Å². The van der Waals surface area contributed by atoms with Crippen molar-refractivity contribution in [3.05, 3.63) is 34.6 Å². The van der Waals surface area contributed by atoms with Crippen LogP contribution in [0.3, 0.4) is 0 Å². The number of aromatic nitrogens is 2. The quantitative estimate of drug-likeness (QED) is 0.623. The van der Waals surface area contributed by atoms with Crippen LogP contribution in [0.25, 0.3) is 10.9 Å². The van der Waals surface area contributed by atoms with Gasteiger partial charge in [0.25, 0.3) is 5.56 Å². The van der Waals surface area contributed by atoms with Gasteiger partial charge in [-0.05, 0) is 50.7 Å². The maximum absolute atomic E-state index is 13.1. The largest absolute Gasteiger partial charge is 0.353 e. The minimum atomic E-state index is 0.0229. The van der Waals surface area contributed by atoms with Gasteiger partial charge in [0.05, 0.1) is 16.7 Å². The van der Waals surface area contributed by atoms with Crippen LogP contribution in [0.1, 0.15) is 51.5 Å². The molecule has 0 radical (unpaired) electrons. The van der Waals surface area contributed by atoms with E-state index in [1.54, 1.807) is 0 Å². The van der Waals surface area contributed by atoms with Crippen molar-refractivity contribution in [2.24, 2.45) is 5.92 Å². The molecule has 2 fully saturated rings. The van der Waals surface area contributed by atoms with Crippen molar-refractivity contribution < 1.29 is 4.79 Å². The van der Waals surface area contributed by atoms with E-state index in [1.165, 1.54) is 24.6 Å². The lowest BCUT2D eigenvalue weighted by atomic mass is 10.2. The molecule has 0 bridgehead atoms. The minimum Gasteiger partial charge on any atom is -0.353 e. The molecule has 1 N–H and O–H groups in total. The summed E-state index contributed by atoms with van der Waals surface area (Å²) in [5, 5.41) is 4.42. The zero-order valence-electron chi connectivity index (χ0n) is 15.1. The molecule has 0 spiro atoms. The lowest BCUT2D eigenvalue weighted by molar-refractivity contribution is -0.119. The maximum atomic E-state index is 13.1. The summed E-state index contributed by atoms with van der Waals surface area (Å²) in [5.74, 6) is 0.961. The van der Waals surface area contributed by atoms with Gasteiger partial charge in [-0.25, -0.2) is 4.98 Å². The van der Waals surface area contributed by atoms with Crippen molar-refractivity contribution in [2.45, 2.75) is 62.7 Å². The molecule has 6 heteroatoms. The molecule has 5 nitrogen and oxygen atoms in total. The molecule has 1 aromatic carbocycles. The summed E-state index contributed by atoms with van der Waals surface area (Å²) < 4.78 is 1.84. The lowest BCUT2D eigenvalue weighted by Crippen LogP contribution is -2.35. The fourth-order valence-corrected chi connectivity index (χ4v) is 4.73. The fraction of sp³-hybridized carbons (Fsp3) is 0.550. The Bertz CT molecular complexity index is 869. The van der Waals surface area contributed by atoms with Crippen molar-refractivity contribution in [2.75, 3.05) is 5.75 Å². The number of carbonyl (C=O) groups is 1. The van der Waals surface area contributed by atoms with Crippen LogP contribution >= 0.6 is 11.8 Å². The second kappa shape index (κ2) is 7.43. The monoisotopic (exact) mass is 371 g/mol. The van der Waals surface area contributed by atoms with Gasteiger partial charge in [0.15, 0.2) is 5.16 Å². The Kier molecular flexibility index (Phi) is 5.02. The molecule has 1 heterocycles. The Morgan fingerprint density at radius 2 is 2.00 bits per heavy atom. The van der Waals surface area contributed by atoms with Crippen LogP contribution in [0.2, 0.25) is 0 Å². The number of carbonyl (C=O) groups excluding carboxylic acids is 1. The average molecular weight is 372 g/mol. The highest BCUT2D eigenvalue weighted by Crippen LogP contribution is 2.33. The predicted octanol–water partition coefficient (Wildman–Crippen LogP) is 3.52. The zero-order valence-corrected chi connectivity index (χ0v) is 15.9. The number of nitrogens with zero attached hydrogens (tertiary/aromatic N) is 2. The molecule has 138 valence electrons. The van der Waals surface area contributed by atoms with Crippen molar-refractivity contribution in [1.82, 2.24) is 14.9 Å². The van der Waals surface area contributed by atoms with Crippen molar-refractivity contribution in [1.29, 1.82) is 0 Å². The standard InChI is InChI=1S/C20H25N3O2S/c1-13(14-10-11-14)21-18(24)12-26-20-22-17-9-5-4-8-16(17)19(25)23(20)15-6-2-3-7-15/h4-5,8-9,13-15H,2-3,6-7,10-12H2,1H3,(H,21,24)/t13-/m1/s1. The number of benzene rings is 1. The van der Waals surface area contributed by atoms with Crippen molar-refractivity contribution >= 4 is 28.6 Å². The van der Waals surface area contributed by atoms with Gasteiger partial charge >= 0.3 is 0 Å². The third kappa shape index (κ3) is 3.65. The number of hydrogen-bond donors (Lipinski definition) is 1. The highest BCUT2D eigenvalue weighted by Gasteiger charge is 2.29. The van der Waals surface area contributed by atoms with Gasteiger partial charge in [0, 0.05) is 12.1 Å². The van der Waals surface area contributed by atoms with Gasteiger partial charge in [-0.1, -0.05) is 36.7 Å². The second-order valence-electron chi connectivity index (χ2n) is 7.51. The molecule has 2 aromatic rings.